The number of anilines is 1. The van der Waals surface area contributed by atoms with Gasteiger partial charge in [0.2, 0.25) is 0 Å². The summed E-state index contributed by atoms with van der Waals surface area (Å²) in [4.78, 5) is 12.3. The number of ether oxygens (including phenoxy) is 1. The van der Waals surface area contributed by atoms with Gasteiger partial charge in [-0.2, -0.15) is 5.26 Å². The van der Waals surface area contributed by atoms with Gasteiger partial charge in [-0.05, 0) is 64.9 Å². The molecule has 0 spiro atoms. The van der Waals surface area contributed by atoms with Crippen molar-refractivity contribution in [3.63, 3.8) is 0 Å². The molecular weight excluding hydrogens is 419 g/mol. The zero-order chi connectivity index (χ0) is 17.7. The first-order valence-electron chi connectivity index (χ1n) is 7.01. The number of halogens is 1. The average molecular weight is 434 g/mol. The molecule has 0 aromatic heterocycles. The zero-order valence-corrected chi connectivity index (χ0v) is 15.3. The molecule has 2 N–H and O–H groups in total. The third kappa shape index (κ3) is 4.06. The van der Waals surface area contributed by atoms with Gasteiger partial charge in [0.1, 0.15) is 11.6 Å². The number of nitriles is 1. The van der Waals surface area contributed by atoms with Gasteiger partial charge in [0, 0.05) is 5.69 Å². The lowest BCUT2D eigenvalue weighted by molar-refractivity contribution is -0.112. The van der Waals surface area contributed by atoms with Gasteiger partial charge in [0.15, 0.2) is 11.5 Å². The van der Waals surface area contributed by atoms with Gasteiger partial charge < -0.3 is 15.2 Å². The fourth-order valence-electron chi connectivity index (χ4n) is 2.05. The number of nitrogens with one attached hydrogen (secondary N) is 1. The number of hydrogen-bond acceptors (Lipinski definition) is 4. The Morgan fingerprint density at radius 1 is 1.38 bits per heavy atom. The Hall–Kier alpha value is -2.53. The largest absolute Gasteiger partial charge is 0.504 e. The third-order valence-corrected chi connectivity index (χ3v) is 4.16. The number of carbonyl (C=O) groups excluding carboxylic acids is 1. The predicted molar refractivity (Wildman–Crippen MR) is 101 cm³/mol. The number of methoxy groups -OCH3 is 1. The van der Waals surface area contributed by atoms with Crippen LogP contribution in [0.1, 0.15) is 11.1 Å². The number of phenols is 1. The van der Waals surface area contributed by atoms with Crippen LogP contribution in [-0.4, -0.2) is 18.1 Å². The van der Waals surface area contributed by atoms with Gasteiger partial charge in [-0.1, -0.05) is 18.2 Å². The van der Waals surface area contributed by atoms with Gasteiger partial charge in [0.25, 0.3) is 5.91 Å². The Morgan fingerprint density at radius 3 is 2.71 bits per heavy atom. The molecule has 0 saturated heterocycles. The van der Waals surface area contributed by atoms with E-state index in [-0.39, 0.29) is 17.1 Å². The monoisotopic (exact) mass is 434 g/mol. The van der Waals surface area contributed by atoms with E-state index in [2.05, 4.69) is 5.32 Å². The first-order chi connectivity index (χ1) is 11.5. The van der Waals surface area contributed by atoms with E-state index >= 15 is 0 Å². The van der Waals surface area contributed by atoms with Crippen molar-refractivity contribution >= 4 is 40.3 Å². The van der Waals surface area contributed by atoms with Crippen molar-refractivity contribution in [3.05, 3.63) is 56.7 Å². The molecule has 0 aliphatic carbocycles. The molecule has 0 aliphatic heterocycles. The molecule has 0 unspecified atom stereocenters. The molecule has 2 rings (SSSR count). The second kappa shape index (κ2) is 7.84. The Balaban J connectivity index is 2.33. The van der Waals surface area contributed by atoms with E-state index in [4.69, 9.17) is 4.74 Å². The van der Waals surface area contributed by atoms with Crippen LogP contribution in [-0.2, 0) is 4.79 Å². The number of hydrogen-bond donors (Lipinski definition) is 2. The summed E-state index contributed by atoms with van der Waals surface area (Å²) in [7, 11) is 1.44. The van der Waals surface area contributed by atoms with Gasteiger partial charge >= 0.3 is 0 Å². The molecule has 0 fully saturated rings. The van der Waals surface area contributed by atoms with Crippen LogP contribution < -0.4 is 10.1 Å². The van der Waals surface area contributed by atoms with Gasteiger partial charge in [-0.25, -0.2) is 0 Å². The van der Waals surface area contributed by atoms with E-state index in [1.807, 2.05) is 53.8 Å². The Labute approximate surface area is 153 Å². The minimum atomic E-state index is -0.492. The summed E-state index contributed by atoms with van der Waals surface area (Å²) in [5.74, 6) is -0.184. The van der Waals surface area contributed by atoms with Gasteiger partial charge in [-0.3, -0.25) is 4.79 Å². The zero-order valence-electron chi connectivity index (χ0n) is 13.1. The number of aromatic hydroxyl groups is 1. The van der Waals surface area contributed by atoms with Crippen LogP contribution in [0, 0.1) is 21.8 Å². The minimum absolute atomic E-state index is 0.0260. The molecule has 5 nitrogen and oxygen atoms in total. The first-order valence-corrected chi connectivity index (χ1v) is 8.09. The van der Waals surface area contributed by atoms with Crippen molar-refractivity contribution in [1.29, 1.82) is 5.26 Å². The maximum Gasteiger partial charge on any atom is 0.266 e. The van der Waals surface area contributed by atoms with Crippen molar-refractivity contribution in [2.45, 2.75) is 6.92 Å². The average Bonchev–Trinajstić information content (AvgIpc) is 2.57. The van der Waals surface area contributed by atoms with Crippen LogP contribution in [0.25, 0.3) is 6.08 Å². The molecule has 0 saturated carbocycles. The number of phenolic OH excluding ortho intramolecular Hbond substituents is 1. The molecule has 2 aromatic rings. The first kappa shape index (κ1) is 17.8. The fraction of sp³-hybridized carbons (Fsp3) is 0.111. The molecule has 0 atom stereocenters. The molecule has 2 aromatic carbocycles. The van der Waals surface area contributed by atoms with E-state index in [0.717, 1.165) is 5.56 Å². The third-order valence-electron chi connectivity index (χ3n) is 3.34. The highest BCUT2D eigenvalue weighted by Gasteiger charge is 2.13. The number of aryl methyl sites for hydroxylation is 1. The van der Waals surface area contributed by atoms with Crippen molar-refractivity contribution in [3.8, 4) is 17.6 Å². The molecule has 0 radical (unpaired) electrons. The highest BCUT2D eigenvalue weighted by atomic mass is 127. The van der Waals surface area contributed by atoms with Crippen LogP contribution in [0.3, 0.4) is 0 Å². The summed E-state index contributed by atoms with van der Waals surface area (Å²) < 4.78 is 5.65. The van der Waals surface area contributed by atoms with Crippen LogP contribution in [0.5, 0.6) is 11.5 Å². The van der Waals surface area contributed by atoms with Gasteiger partial charge in [0.05, 0.1) is 10.7 Å². The maximum absolute atomic E-state index is 12.3. The van der Waals surface area contributed by atoms with E-state index in [1.165, 1.54) is 13.2 Å². The summed E-state index contributed by atoms with van der Waals surface area (Å²) in [6, 6.07) is 12.5. The fourth-order valence-corrected chi connectivity index (χ4v) is 2.68. The van der Waals surface area contributed by atoms with Crippen LogP contribution in [0.15, 0.2) is 42.0 Å². The molecule has 122 valence electrons. The van der Waals surface area contributed by atoms with E-state index in [9.17, 15) is 15.2 Å². The van der Waals surface area contributed by atoms with Crippen LogP contribution >= 0.6 is 22.6 Å². The molecule has 6 heteroatoms. The summed E-state index contributed by atoms with van der Waals surface area (Å²) in [5.41, 5.74) is 2.11. The van der Waals surface area contributed by atoms with Crippen molar-refractivity contribution < 1.29 is 14.6 Å². The lowest BCUT2D eigenvalue weighted by Crippen LogP contribution is -2.14. The van der Waals surface area contributed by atoms with Crippen molar-refractivity contribution in [1.82, 2.24) is 0 Å². The molecule has 24 heavy (non-hydrogen) atoms. The lowest BCUT2D eigenvalue weighted by atomic mass is 10.1. The maximum atomic E-state index is 12.3. The smallest absolute Gasteiger partial charge is 0.266 e. The van der Waals surface area contributed by atoms with Gasteiger partial charge in [-0.15, -0.1) is 0 Å². The van der Waals surface area contributed by atoms with E-state index in [1.54, 1.807) is 18.2 Å². The quantitative estimate of drug-likeness (QED) is 0.435. The molecule has 0 heterocycles. The molecular formula is C18H15IN2O3. The Bertz CT molecular complexity index is 854. The van der Waals surface area contributed by atoms with Crippen LogP contribution in [0.4, 0.5) is 5.69 Å². The van der Waals surface area contributed by atoms with Crippen molar-refractivity contribution in [2.75, 3.05) is 12.4 Å². The summed E-state index contributed by atoms with van der Waals surface area (Å²) in [5, 5.41) is 21.9. The summed E-state index contributed by atoms with van der Waals surface area (Å²) >= 11 is 1.96. The summed E-state index contributed by atoms with van der Waals surface area (Å²) in [6.45, 7) is 1.87. The van der Waals surface area contributed by atoms with Crippen LogP contribution in [0.2, 0.25) is 0 Å². The van der Waals surface area contributed by atoms with Crippen molar-refractivity contribution in [2.24, 2.45) is 0 Å². The SMILES string of the molecule is COc1cc(/C=C(/C#N)C(=O)Nc2ccccc2C)cc(I)c1O. The van der Waals surface area contributed by atoms with E-state index < -0.39 is 5.91 Å². The molecule has 0 bridgehead atoms. The molecule has 1 amide bonds. The Kier molecular flexibility index (Phi) is 5.82. The molecule has 0 aliphatic rings. The number of para-hydroxylation sites is 1. The lowest BCUT2D eigenvalue weighted by Gasteiger charge is -2.08. The standard InChI is InChI=1S/C18H15IN2O3/c1-11-5-3-4-6-15(11)21-18(23)13(10-20)7-12-8-14(19)17(22)16(9-12)24-2/h3-9,22H,1-2H3,(H,21,23)/b13-7-. The number of benzene rings is 2. The topological polar surface area (TPSA) is 82.3 Å². The minimum Gasteiger partial charge on any atom is -0.504 e. The van der Waals surface area contributed by atoms with E-state index in [0.29, 0.717) is 14.8 Å². The number of nitrogens with zero attached hydrogens (tertiary/aromatic N) is 1. The normalized spacial score (nSPS) is 10.8. The Morgan fingerprint density at radius 2 is 2.08 bits per heavy atom. The highest BCUT2D eigenvalue weighted by Crippen LogP contribution is 2.33. The number of carbonyl (C=O) groups is 1. The predicted octanol–water partition coefficient (Wildman–Crippen LogP) is 3.86. The number of amides is 1. The second-order valence-electron chi connectivity index (χ2n) is 4.99. The summed E-state index contributed by atoms with van der Waals surface area (Å²) in [6.07, 6.45) is 1.46. The number of rotatable bonds is 4. The highest BCUT2D eigenvalue weighted by molar-refractivity contribution is 14.1. The second-order valence-corrected chi connectivity index (χ2v) is 6.15.